The van der Waals surface area contributed by atoms with Crippen LogP contribution in [0.2, 0.25) is 0 Å². The molecule has 0 aromatic heterocycles. The predicted molar refractivity (Wildman–Crippen MR) is 62.0 cm³/mol. The lowest BCUT2D eigenvalue weighted by Gasteiger charge is -2.32. The van der Waals surface area contributed by atoms with Crippen LogP contribution in [0.1, 0.15) is 18.1 Å². The Balaban J connectivity index is 2.27. The summed E-state index contributed by atoms with van der Waals surface area (Å²) in [5.74, 6) is -1.23. The summed E-state index contributed by atoms with van der Waals surface area (Å²) in [6.07, 6.45) is 0.666. The van der Waals surface area contributed by atoms with Crippen molar-refractivity contribution in [2.45, 2.75) is 25.9 Å². The van der Waals surface area contributed by atoms with Crippen molar-refractivity contribution < 1.29 is 14.3 Å². The summed E-state index contributed by atoms with van der Waals surface area (Å²) in [5.41, 5.74) is 7.95. The van der Waals surface area contributed by atoms with Crippen LogP contribution in [0.5, 0.6) is 0 Å². The highest BCUT2D eigenvalue weighted by molar-refractivity contribution is 5.73. The molecule has 0 saturated carbocycles. The fourth-order valence-corrected chi connectivity index (χ4v) is 2.20. The molecule has 1 atom stereocenters. The highest BCUT2D eigenvalue weighted by Gasteiger charge is 2.26. The van der Waals surface area contributed by atoms with Crippen molar-refractivity contribution in [1.29, 1.82) is 0 Å². The number of fused-ring (bicyclic) bond motifs is 1. The van der Waals surface area contributed by atoms with Crippen molar-refractivity contribution >= 4 is 11.7 Å². The second kappa shape index (κ2) is 4.33. The first-order valence-corrected chi connectivity index (χ1v) is 5.52. The summed E-state index contributed by atoms with van der Waals surface area (Å²) in [5, 5.41) is 8.95. The van der Waals surface area contributed by atoms with Gasteiger partial charge < -0.3 is 10.8 Å². The van der Waals surface area contributed by atoms with Gasteiger partial charge in [-0.25, -0.2) is 4.39 Å². The van der Waals surface area contributed by atoms with Crippen LogP contribution < -0.4 is 5.73 Å². The molecular weight excluding hydrogens is 223 g/mol. The molecular formula is C12H15FN2O2. The normalized spacial score (nSPS) is 17.5. The second-order valence-electron chi connectivity index (χ2n) is 4.37. The quantitative estimate of drug-likeness (QED) is 0.761. The van der Waals surface area contributed by atoms with Crippen LogP contribution in [0, 0.1) is 5.82 Å². The van der Waals surface area contributed by atoms with E-state index in [4.69, 9.17) is 10.8 Å². The molecule has 0 spiro atoms. The Hall–Kier alpha value is -1.62. The molecule has 0 saturated heterocycles. The molecule has 0 aliphatic carbocycles. The third-order valence-electron chi connectivity index (χ3n) is 3.27. The van der Waals surface area contributed by atoms with Gasteiger partial charge in [0, 0.05) is 18.8 Å². The van der Waals surface area contributed by atoms with E-state index in [-0.39, 0.29) is 5.82 Å². The number of nitrogen functional groups attached to an aromatic ring is 1. The maximum Gasteiger partial charge on any atom is 0.320 e. The van der Waals surface area contributed by atoms with Gasteiger partial charge in [-0.1, -0.05) is 0 Å². The molecule has 0 amide bonds. The first-order valence-electron chi connectivity index (χ1n) is 5.52. The van der Waals surface area contributed by atoms with Gasteiger partial charge in [-0.15, -0.1) is 0 Å². The number of hydrogen-bond acceptors (Lipinski definition) is 3. The van der Waals surface area contributed by atoms with E-state index < -0.39 is 12.0 Å². The number of rotatable bonds is 2. The first-order chi connectivity index (χ1) is 7.99. The molecule has 4 nitrogen and oxygen atoms in total. The molecule has 0 bridgehead atoms. The Labute approximate surface area is 98.8 Å². The predicted octanol–water partition coefficient (Wildman–Crippen LogP) is 1.24. The Bertz CT molecular complexity index is 462. The maximum atomic E-state index is 13.2. The van der Waals surface area contributed by atoms with E-state index in [0.717, 1.165) is 11.1 Å². The van der Waals surface area contributed by atoms with E-state index in [2.05, 4.69) is 0 Å². The van der Waals surface area contributed by atoms with Crippen molar-refractivity contribution in [3.05, 3.63) is 29.1 Å². The van der Waals surface area contributed by atoms with E-state index in [0.29, 0.717) is 25.2 Å². The third-order valence-corrected chi connectivity index (χ3v) is 3.27. The van der Waals surface area contributed by atoms with Crippen LogP contribution in [-0.2, 0) is 17.8 Å². The Kier molecular flexibility index (Phi) is 3.02. The Morgan fingerprint density at radius 1 is 1.59 bits per heavy atom. The zero-order chi connectivity index (χ0) is 12.6. The van der Waals surface area contributed by atoms with E-state index in [1.54, 1.807) is 6.92 Å². The zero-order valence-electron chi connectivity index (χ0n) is 9.61. The average Bonchev–Trinajstić information content (AvgIpc) is 2.26. The summed E-state index contributed by atoms with van der Waals surface area (Å²) in [6, 6.07) is 2.19. The van der Waals surface area contributed by atoms with Crippen LogP contribution in [0.25, 0.3) is 0 Å². The monoisotopic (exact) mass is 238 g/mol. The van der Waals surface area contributed by atoms with Crippen LogP contribution in [0.3, 0.4) is 0 Å². The highest BCUT2D eigenvalue weighted by Crippen LogP contribution is 2.26. The van der Waals surface area contributed by atoms with Gasteiger partial charge in [0.05, 0.1) is 0 Å². The fraction of sp³-hybridized carbons (Fsp3) is 0.417. The molecule has 3 N–H and O–H groups in total. The Morgan fingerprint density at radius 2 is 2.29 bits per heavy atom. The molecule has 1 aliphatic rings. The molecule has 1 heterocycles. The number of carbonyl (C=O) groups is 1. The summed E-state index contributed by atoms with van der Waals surface area (Å²) >= 11 is 0. The number of nitrogens with zero attached hydrogens (tertiary/aromatic N) is 1. The SMILES string of the molecule is CC(C(=O)O)N1CCc2c(N)cc(F)cc2C1. The van der Waals surface area contributed by atoms with E-state index in [9.17, 15) is 9.18 Å². The van der Waals surface area contributed by atoms with E-state index >= 15 is 0 Å². The molecule has 92 valence electrons. The van der Waals surface area contributed by atoms with Crippen LogP contribution in [0.15, 0.2) is 12.1 Å². The topological polar surface area (TPSA) is 66.6 Å². The number of anilines is 1. The number of aliphatic carboxylic acids is 1. The van der Waals surface area contributed by atoms with Gasteiger partial charge in [-0.2, -0.15) is 0 Å². The largest absolute Gasteiger partial charge is 0.480 e. The van der Waals surface area contributed by atoms with Crippen LogP contribution in [0.4, 0.5) is 10.1 Å². The van der Waals surface area contributed by atoms with Gasteiger partial charge in [0.25, 0.3) is 0 Å². The Morgan fingerprint density at radius 3 is 2.94 bits per heavy atom. The molecule has 5 heteroatoms. The highest BCUT2D eigenvalue weighted by atomic mass is 19.1. The van der Waals surface area contributed by atoms with E-state index in [1.165, 1.54) is 12.1 Å². The minimum Gasteiger partial charge on any atom is -0.480 e. The number of halogens is 1. The first kappa shape index (κ1) is 11.9. The van der Waals surface area contributed by atoms with Gasteiger partial charge >= 0.3 is 5.97 Å². The number of benzene rings is 1. The van der Waals surface area contributed by atoms with Crippen molar-refractivity contribution in [1.82, 2.24) is 4.90 Å². The molecule has 0 radical (unpaired) electrons. The molecule has 1 aromatic carbocycles. The summed E-state index contributed by atoms with van der Waals surface area (Å²) < 4.78 is 13.2. The zero-order valence-corrected chi connectivity index (χ0v) is 9.61. The molecule has 1 aromatic rings. The summed E-state index contributed by atoms with van der Waals surface area (Å²) in [4.78, 5) is 12.7. The molecule has 1 unspecified atom stereocenters. The molecule has 1 aliphatic heterocycles. The van der Waals surface area contributed by atoms with E-state index in [1.807, 2.05) is 4.90 Å². The second-order valence-corrected chi connectivity index (χ2v) is 4.37. The molecule has 17 heavy (non-hydrogen) atoms. The lowest BCUT2D eigenvalue weighted by molar-refractivity contribution is -0.142. The average molecular weight is 238 g/mol. The number of hydrogen-bond donors (Lipinski definition) is 2. The third kappa shape index (κ3) is 2.24. The number of carboxylic acids is 1. The lowest BCUT2D eigenvalue weighted by atomic mass is 9.97. The van der Waals surface area contributed by atoms with Crippen molar-refractivity contribution in [3.63, 3.8) is 0 Å². The summed E-state index contributed by atoms with van der Waals surface area (Å²) in [7, 11) is 0. The van der Waals surface area contributed by atoms with Crippen molar-refractivity contribution in [3.8, 4) is 0 Å². The van der Waals surface area contributed by atoms with Crippen LogP contribution >= 0.6 is 0 Å². The fourth-order valence-electron chi connectivity index (χ4n) is 2.20. The van der Waals surface area contributed by atoms with Crippen molar-refractivity contribution in [2.24, 2.45) is 0 Å². The number of nitrogens with two attached hydrogens (primary N) is 1. The van der Waals surface area contributed by atoms with Gasteiger partial charge in [-0.3, -0.25) is 9.69 Å². The van der Waals surface area contributed by atoms with Crippen molar-refractivity contribution in [2.75, 3.05) is 12.3 Å². The smallest absolute Gasteiger partial charge is 0.320 e. The maximum absolute atomic E-state index is 13.2. The van der Waals surface area contributed by atoms with Gasteiger partial charge in [0.15, 0.2) is 0 Å². The lowest BCUT2D eigenvalue weighted by Crippen LogP contribution is -2.42. The van der Waals surface area contributed by atoms with Crippen LogP contribution in [-0.4, -0.2) is 28.6 Å². The molecule has 0 fully saturated rings. The minimum absolute atomic E-state index is 0.369. The van der Waals surface area contributed by atoms with Gasteiger partial charge in [-0.05, 0) is 36.6 Å². The van der Waals surface area contributed by atoms with Gasteiger partial charge in [0.1, 0.15) is 11.9 Å². The summed E-state index contributed by atoms with van der Waals surface area (Å²) in [6.45, 7) is 2.71. The number of carboxylic acid groups (broad SMARTS) is 1. The standard InChI is InChI=1S/C12H15FN2O2/c1-7(12(16)17)15-3-2-10-8(6-15)4-9(13)5-11(10)14/h4-5,7H,2-3,6,14H2,1H3,(H,16,17). The molecule has 2 rings (SSSR count). The minimum atomic E-state index is -0.863. The van der Waals surface area contributed by atoms with Gasteiger partial charge in [0.2, 0.25) is 0 Å².